The maximum atomic E-state index is 13.2. The summed E-state index contributed by atoms with van der Waals surface area (Å²) >= 11 is 3.30. The molecule has 0 amide bonds. The number of hydrogen-bond acceptors (Lipinski definition) is 3. The summed E-state index contributed by atoms with van der Waals surface area (Å²) in [4.78, 5) is 0. The highest BCUT2D eigenvalue weighted by Crippen LogP contribution is 2.46. The monoisotopic (exact) mass is 223 g/mol. The average molecular weight is 223 g/mol. The van der Waals surface area contributed by atoms with E-state index in [1.807, 2.05) is 16.9 Å². The molecule has 0 N–H and O–H groups in total. The number of nitrogens with zero attached hydrogens (tertiary/aromatic N) is 1. The van der Waals surface area contributed by atoms with Gasteiger partial charge in [-0.05, 0) is 28.5 Å². The van der Waals surface area contributed by atoms with Crippen molar-refractivity contribution in [3.8, 4) is 6.07 Å². The standard InChI is InChI=1S/C10H6FNS2/c11-9-5-7(1-2-8(9)6-12)10-13-3-4-14-10/h1-5,10H. The van der Waals surface area contributed by atoms with Crippen molar-refractivity contribution in [1.82, 2.24) is 0 Å². The molecular weight excluding hydrogens is 217 g/mol. The Morgan fingerprint density at radius 3 is 2.57 bits per heavy atom. The Kier molecular flexibility index (Phi) is 2.80. The Bertz CT molecular complexity index is 415. The van der Waals surface area contributed by atoms with Gasteiger partial charge in [0.1, 0.15) is 11.9 Å². The van der Waals surface area contributed by atoms with Crippen molar-refractivity contribution >= 4 is 23.5 Å². The van der Waals surface area contributed by atoms with Crippen LogP contribution < -0.4 is 0 Å². The van der Waals surface area contributed by atoms with Crippen molar-refractivity contribution in [2.24, 2.45) is 0 Å². The van der Waals surface area contributed by atoms with Gasteiger partial charge in [0.05, 0.1) is 10.1 Å². The van der Waals surface area contributed by atoms with Crippen LogP contribution >= 0.6 is 23.5 Å². The molecule has 0 radical (unpaired) electrons. The number of thioether (sulfide) groups is 2. The third-order valence-electron chi connectivity index (χ3n) is 1.85. The summed E-state index contributed by atoms with van der Waals surface area (Å²) in [6.45, 7) is 0. The van der Waals surface area contributed by atoms with E-state index in [1.54, 1.807) is 29.6 Å². The minimum atomic E-state index is -0.432. The molecular formula is C10H6FNS2. The molecule has 0 spiro atoms. The lowest BCUT2D eigenvalue weighted by atomic mass is 10.1. The molecule has 14 heavy (non-hydrogen) atoms. The van der Waals surface area contributed by atoms with Gasteiger partial charge in [0, 0.05) is 0 Å². The molecule has 0 fully saturated rings. The normalized spacial score (nSPS) is 15.7. The first kappa shape index (κ1) is 9.63. The Morgan fingerprint density at radius 2 is 2.00 bits per heavy atom. The maximum Gasteiger partial charge on any atom is 0.141 e. The quantitative estimate of drug-likeness (QED) is 0.726. The van der Waals surface area contributed by atoms with Crippen molar-refractivity contribution in [2.45, 2.75) is 4.58 Å². The van der Waals surface area contributed by atoms with Crippen LogP contribution in [0.25, 0.3) is 0 Å². The summed E-state index contributed by atoms with van der Waals surface area (Å²) in [5, 5.41) is 12.5. The van der Waals surface area contributed by atoms with E-state index in [2.05, 4.69) is 0 Å². The van der Waals surface area contributed by atoms with Crippen molar-refractivity contribution in [1.29, 1.82) is 5.26 Å². The van der Waals surface area contributed by atoms with Crippen LogP contribution in [0.15, 0.2) is 29.0 Å². The first-order valence-corrected chi connectivity index (χ1v) is 5.85. The van der Waals surface area contributed by atoms with Crippen LogP contribution in [0, 0.1) is 17.1 Å². The van der Waals surface area contributed by atoms with Crippen LogP contribution in [0.4, 0.5) is 4.39 Å². The molecule has 2 rings (SSSR count). The minimum Gasteiger partial charge on any atom is -0.206 e. The van der Waals surface area contributed by atoms with E-state index in [4.69, 9.17) is 5.26 Å². The van der Waals surface area contributed by atoms with Gasteiger partial charge in [-0.3, -0.25) is 0 Å². The first-order chi connectivity index (χ1) is 6.81. The summed E-state index contributed by atoms with van der Waals surface area (Å²) in [6, 6.07) is 6.59. The zero-order chi connectivity index (χ0) is 9.97. The summed E-state index contributed by atoms with van der Waals surface area (Å²) in [6.07, 6.45) is 0. The summed E-state index contributed by atoms with van der Waals surface area (Å²) in [5.74, 6) is -0.432. The van der Waals surface area contributed by atoms with E-state index in [1.165, 1.54) is 12.1 Å². The lowest BCUT2D eigenvalue weighted by Crippen LogP contribution is -1.89. The van der Waals surface area contributed by atoms with E-state index in [-0.39, 0.29) is 10.1 Å². The van der Waals surface area contributed by atoms with Crippen molar-refractivity contribution < 1.29 is 4.39 Å². The van der Waals surface area contributed by atoms with E-state index < -0.39 is 5.82 Å². The maximum absolute atomic E-state index is 13.2. The minimum absolute atomic E-state index is 0.106. The van der Waals surface area contributed by atoms with Gasteiger partial charge in [-0.1, -0.05) is 6.07 Å². The predicted octanol–water partition coefficient (Wildman–Crippen LogP) is 3.65. The fourth-order valence-electron chi connectivity index (χ4n) is 1.16. The number of benzene rings is 1. The van der Waals surface area contributed by atoms with E-state index in [9.17, 15) is 4.39 Å². The predicted molar refractivity (Wildman–Crippen MR) is 58.2 cm³/mol. The Balaban J connectivity index is 2.29. The zero-order valence-electron chi connectivity index (χ0n) is 7.11. The molecule has 1 aromatic carbocycles. The smallest absolute Gasteiger partial charge is 0.141 e. The van der Waals surface area contributed by atoms with Gasteiger partial charge in [0.2, 0.25) is 0 Å². The second-order valence-electron chi connectivity index (χ2n) is 2.73. The largest absolute Gasteiger partial charge is 0.206 e. The molecule has 1 aromatic rings. The summed E-state index contributed by atoms with van der Waals surface area (Å²) in [5.41, 5.74) is 1.02. The number of rotatable bonds is 1. The van der Waals surface area contributed by atoms with Gasteiger partial charge >= 0.3 is 0 Å². The molecule has 0 saturated heterocycles. The van der Waals surface area contributed by atoms with E-state index >= 15 is 0 Å². The zero-order valence-corrected chi connectivity index (χ0v) is 8.74. The fraction of sp³-hybridized carbons (Fsp3) is 0.100. The first-order valence-electron chi connectivity index (χ1n) is 3.97. The van der Waals surface area contributed by atoms with Crippen LogP contribution in [0.1, 0.15) is 15.7 Å². The Hall–Kier alpha value is -0.920. The van der Waals surface area contributed by atoms with Gasteiger partial charge in [0.25, 0.3) is 0 Å². The second kappa shape index (κ2) is 4.07. The van der Waals surface area contributed by atoms with Crippen LogP contribution in [0.2, 0.25) is 0 Å². The van der Waals surface area contributed by atoms with Gasteiger partial charge in [-0.15, -0.1) is 23.5 Å². The fourth-order valence-corrected chi connectivity index (χ4v) is 3.21. The topological polar surface area (TPSA) is 23.8 Å². The molecule has 0 bridgehead atoms. The molecule has 0 saturated carbocycles. The van der Waals surface area contributed by atoms with Crippen molar-refractivity contribution in [3.63, 3.8) is 0 Å². The van der Waals surface area contributed by atoms with Gasteiger partial charge in [-0.25, -0.2) is 4.39 Å². The molecule has 1 nitrogen and oxygen atoms in total. The number of halogens is 1. The second-order valence-corrected chi connectivity index (χ2v) is 5.06. The SMILES string of the molecule is N#Cc1ccc(C2SC=CS2)cc1F. The highest BCUT2D eigenvalue weighted by molar-refractivity contribution is 8.21. The molecule has 1 aliphatic rings. The third-order valence-corrected chi connectivity index (χ3v) is 4.31. The molecule has 0 unspecified atom stereocenters. The third kappa shape index (κ3) is 1.79. The summed E-state index contributed by atoms with van der Waals surface area (Å²) in [7, 11) is 0. The lowest BCUT2D eigenvalue weighted by Gasteiger charge is -2.07. The van der Waals surface area contributed by atoms with Crippen LogP contribution in [0.3, 0.4) is 0 Å². The van der Waals surface area contributed by atoms with Gasteiger partial charge in [-0.2, -0.15) is 5.26 Å². The van der Waals surface area contributed by atoms with Crippen LogP contribution in [-0.4, -0.2) is 0 Å². The van der Waals surface area contributed by atoms with E-state index in [0.29, 0.717) is 0 Å². The van der Waals surface area contributed by atoms with Gasteiger partial charge in [0.15, 0.2) is 0 Å². The number of nitriles is 1. The lowest BCUT2D eigenvalue weighted by molar-refractivity contribution is 0.622. The van der Waals surface area contributed by atoms with Crippen molar-refractivity contribution in [3.05, 3.63) is 46.0 Å². The average Bonchev–Trinajstić information content (AvgIpc) is 2.70. The van der Waals surface area contributed by atoms with Gasteiger partial charge < -0.3 is 0 Å². The van der Waals surface area contributed by atoms with E-state index in [0.717, 1.165) is 5.56 Å². The molecule has 1 heterocycles. The Labute approximate surface area is 90.0 Å². The molecule has 0 aromatic heterocycles. The van der Waals surface area contributed by atoms with Crippen molar-refractivity contribution in [2.75, 3.05) is 0 Å². The highest BCUT2D eigenvalue weighted by atomic mass is 32.2. The van der Waals surface area contributed by atoms with Crippen LogP contribution in [0.5, 0.6) is 0 Å². The molecule has 1 aliphatic heterocycles. The molecule has 4 heteroatoms. The molecule has 0 aliphatic carbocycles. The number of hydrogen-bond donors (Lipinski definition) is 0. The molecule has 0 atom stereocenters. The Morgan fingerprint density at radius 1 is 1.29 bits per heavy atom. The molecule has 70 valence electrons. The van der Waals surface area contributed by atoms with Crippen LogP contribution in [-0.2, 0) is 0 Å². The highest BCUT2D eigenvalue weighted by Gasteiger charge is 2.15. The summed E-state index contributed by atoms with van der Waals surface area (Å²) < 4.78 is 13.5.